The molecule has 0 unspecified atom stereocenters. The molecule has 0 heterocycles. The molecule has 0 aliphatic rings. The van der Waals surface area contributed by atoms with Crippen LogP contribution in [0.2, 0.25) is 0 Å². The van der Waals surface area contributed by atoms with E-state index in [2.05, 4.69) is 17.5 Å². The van der Waals surface area contributed by atoms with Crippen LogP contribution in [0.4, 0.5) is 4.39 Å². The highest BCUT2D eigenvalue weighted by Gasteiger charge is 2.04. The normalized spacial score (nSPS) is 9.67. The first-order chi connectivity index (χ1) is 7.09. The third-order valence-corrected chi connectivity index (χ3v) is 1.91. The van der Waals surface area contributed by atoms with Crippen LogP contribution >= 0.6 is 12.2 Å². The molecule has 1 aromatic rings. The molecule has 0 fully saturated rings. The highest BCUT2D eigenvalue weighted by molar-refractivity contribution is 7.80. The van der Waals surface area contributed by atoms with Crippen LogP contribution in [0.1, 0.15) is 12.0 Å². The van der Waals surface area contributed by atoms with Crippen LogP contribution in [0.15, 0.2) is 24.3 Å². The van der Waals surface area contributed by atoms with Crippen LogP contribution in [-0.2, 0) is 11.3 Å². The van der Waals surface area contributed by atoms with Crippen molar-refractivity contribution in [2.75, 3.05) is 0 Å². The van der Waals surface area contributed by atoms with E-state index in [0.29, 0.717) is 5.56 Å². The maximum Gasteiger partial charge on any atom is 0.227 e. The summed E-state index contributed by atoms with van der Waals surface area (Å²) in [5, 5.41) is 2.52. The van der Waals surface area contributed by atoms with E-state index >= 15 is 0 Å². The summed E-state index contributed by atoms with van der Waals surface area (Å²) in [5.41, 5.74) is 5.63. The minimum absolute atomic E-state index is 0.0101. The quantitative estimate of drug-likeness (QED) is 0.756. The smallest absolute Gasteiger partial charge is 0.227 e. The van der Waals surface area contributed by atoms with E-state index < -0.39 is 0 Å². The fraction of sp³-hybridized carbons (Fsp3) is 0.200. The standard InChI is InChI=1S/C10H11FN2OS/c11-8-4-2-1-3-7(8)6-13-10(14)5-9(12)15/h1-4H,5-6H2,(H2,12,15)(H,13,14). The van der Waals surface area contributed by atoms with Gasteiger partial charge in [-0.25, -0.2) is 4.39 Å². The first kappa shape index (κ1) is 11.6. The zero-order valence-electron chi connectivity index (χ0n) is 8.00. The van der Waals surface area contributed by atoms with Crippen LogP contribution < -0.4 is 11.1 Å². The Morgan fingerprint density at radius 1 is 1.47 bits per heavy atom. The number of thiocarbonyl (C=S) groups is 1. The van der Waals surface area contributed by atoms with Gasteiger partial charge in [0.05, 0.1) is 11.4 Å². The molecule has 1 aromatic carbocycles. The number of halogens is 1. The van der Waals surface area contributed by atoms with Gasteiger partial charge in [0.1, 0.15) is 5.82 Å². The van der Waals surface area contributed by atoms with Crippen molar-refractivity contribution in [3.63, 3.8) is 0 Å². The lowest BCUT2D eigenvalue weighted by Crippen LogP contribution is -2.27. The lowest BCUT2D eigenvalue weighted by molar-refractivity contribution is -0.120. The average molecular weight is 226 g/mol. The van der Waals surface area contributed by atoms with Crippen molar-refractivity contribution in [1.29, 1.82) is 0 Å². The summed E-state index contributed by atoms with van der Waals surface area (Å²) in [6.07, 6.45) is -0.0101. The summed E-state index contributed by atoms with van der Waals surface area (Å²) in [5.74, 6) is -0.640. The predicted octanol–water partition coefficient (Wildman–Crippen LogP) is 1.12. The Balaban J connectivity index is 2.47. The van der Waals surface area contributed by atoms with Gasteiger partial charge in [0.25, 0.3) is 0 Å². The Labute approximate surface area is 92.5 Å². The van der Waals surface area contributed by atoms with E-state index in [1.807, 2.05) is 0 Å². The Morgan fingerprint density at radius 3 is 2.73 bits per heavy atom. The molecular weight excluding hydrogens is 215 g/mol. The molecule has 0 saturated carbocycles. The largest absolute Gasteiger partial charge is 0.393 e. The van der Waals surface area contributed by atoms with Crippen LogP contribution in [0.5, 0.6) is 0 Å². The number of rotatable bonds is 4. The Bertz CT molecular complexity index is 381. The van der Waals surface area contributed by atoms with Crippen molar-refractivity contribution < 1.29 is 9.18 Å². The summed E-state index contributed by atoms with van der Waals surface area (Å²) < 4.78 is 13.1. The van der Waals surface area contributed by atoms with E-state index in [1.54, 1.807) is 18.2 Å². The third kappa shape index (κ3) is 4.03. The first-order valence-electron chi connectivity index (χ1n) is 4.38. The van der Waals surface area contributed by atoms with Crippen molar-refractivity contribution >= 4 is 23.1 Å². The van der Waals surface area contributed by atoms with Gasteiger partial charge in [-0.2, -0.15) is 0 Å². The topological polar surface area (TPSA) is 55.1 Å². The molecule has 0 spiro atoms. The summed E-state index contributed by atoms with van der Waals surface area (Å²) in [7, 11) is 0. The second-order valence-corrected chi connectivity index (χ2v) is 3.54. The molecule has 5 heteroatoms. The number of nitrogens with two attached hydrogens (primary N) is 1. The van der Waals surface area contributed by atoms with Gasteiger partial charge in [-0.05, 0) is 6.07 Å². The molecule has 1 amide bonds. The highest BCUT2D eigenvalue weighted by atomic mass is 32.1. The highest BCUT2D eigenvalue weighted by Crippen LogP contribution is 2.05. The van der Waals surface area contributed by atoms with E-state index in [0.717, 1.165) is 0 Å². The Hall–Kier alpha value is -1.49. The van der Waals surface area contributed by atoms with Crippen LogP contribution in [-0.4, -0.2) is 10.9 Å². The van der Waals surface area contributed by atoms with Gasteiger partial charge in [-0.3, -0.25) is 4.79 Å². The molecule has 0 atom stereocenters. The van der Waals surface area contributed by atoms with Crippen molar-refractivity contribution in [3.8, 4) is 0 Å². The second-order valence-electron chi connectivity index (χ2n) is 3.01. The number of hydrogen-bond donors (Lipinski definition) is 2. The molecular formula is C10H11FN2OS. The van der Waals surface area contributed by atoms with Gasteiger partial charge in [0, 0.05) is 12.1 Å². The first-order valence-corrected chi connectivity index (χ1v) is 4.79. The predicted molar refractivity (Wildman–Crippen MR) is 59.6 cm³/mol. The Kier molecular flexibility index (Phi) is 4.17. The molecule has 0 aromatic heterocycles. The van der Waals surface area contributed by atoms with Crippen molar-refractivity contribution in [2.24, 2.45) is 5.73 Å². The number of benzene rings is 1. The van der Waals surface area contributed by atoms with Crippen molar-refractivity contribution in [2.45, 2.75) is 13.0 Å². The van der Waals surface area contributed by atoms with Gasteiger partial charge in [0.15, 0.2) is 0 Å². The molecule has 0 aliphatic carbocycles. The van der Waals surface area contributed by atoms with Crippen LogP contribution in [0.25, 0.3) is 0 Å². The number of amides is 1. The molecule has 80 valence electrons. The van der Waals surface area contributed by atoms with Gasteiger partial charge in [-0.1, -0.05) is 30.4 Å². The van der Waals surface area contributed by atoms with Crippen LogP contribution in [0, 0.1) is 5.82 Å². The van der Waals surface area contributed by atoms with E-state index in [9.17, 15) is 9.18 Å². The van der Waals surface area contributed by atoms with E-state index in [-0.39, 0.29) is 29.7 Å². The summed E-state index contributed by atoms with van der Waals surface area (Å²) in [4.78, 5) is 11.3. The van der Waals surface area contributed by atoms with Crippen LogP contribution in [0.3, 0.4) is 0 Å². The second kappa shape index (κ2) is 5.41. The maximum absolute atomic E-state index is 13.1. The zero-order valence-corrected chi connectivity index (χ0v) is 8.81. The number of hydrogen-bond acceptors (Lipinski definition) is 2. The number of nitrogens with one attached hydrogen (secondary N) is 1. The van der Waals surface area contributed by atoms with Crippen molar-refractivity contribution in [1.82, 2.24) is 5.32 Å². The molecule has 15 heavy (non-hydrogen) atoms. The summed E-state index contributed by atoms with van der Waals surface area (Å²) in [6, 6.07) is 6.25. The molecule has 1 rings (SSSR count). The van der Waals surface area contributed by atoms with Gasteiger partial charge >= 0.3 is 0 Å². The number of carbonyl (C=O) groups excluding carboxylic acids is 1. The summed E-state index contributed by atoms with van der Waals surface area (Å²) in [6.45, 7) is 0.147. The molecule has 0 aliphatic heterocycles. The summed E-state index contributed by atoms with van der Waals surface area (Å²) >= 11 is 4.57. The molecule has 3 nitrogen and oxygen atoms in total. The number of carbonyl (C=O) groups is 1. The lowest BCUT2D eigenvalue weighted by Gasteiger charge is -2.05. The lowest BCUT2D eigenvalue weighted by atomic mass is 10.2. The molecule has 3 N–H and O–H groups in total. The van der Waals surface area contributed by atoms with Gasteiger partial charge in [-0.15, -0.1) is 0 Å². The van der Waals surface area contributed by atoms with E-state index in [1.165, 1.54) is 6.07 Å². The van der Waals surface area contributed by atoms with E-state index in [4.69, 9.17) is 5.73 Å². The Morgan fingerprint density at radius 2 is 2.13 bits per heavy atom. The molecule has 0 saturated heterocycles. The fourth-order valence-electron chi connectivity index (χ4n) is 1.06. The van der Waals surface area contributed by atoms with Gasteiger partial charge < -0.3 is 11.1 Å². The minimum Gasteiger partial charge on any atom is -0.393 e. The minimum atomic E-state index is -0.340. The van der Waals surface area contributed by atoms with Gasteiger partial charge in [0.2, 0.25) is 5.91 Å². The third-order valence-electron chi connectivity index (χ3n) is 1.77. The average Bonchev–Trinajstić information content (AvgIpc) is 2.15. The monoisotopic (exact) mass is 226 g/mol. The molecule has 0 bridgehead atoms. The SMILES string of the molecule is NC(=S)CC(=O)NCc1ccccc1F. The maximum atomic E-state index is 13.1. The zero-order chi connectivity index (χ0) is 11.3. The molecule has 0 radical (unpaired) electrons. The fourth-order valence-corrected chi connectivity index (χ4v) is 1.19. The van der Waals surface area contributed by atoms with Crippen molar-refractivity contribution in [3.05, 3.63) is 35.6 Å².